The van der Waals surface area contributed by atoms with Crippen LogP contribution in [0.15, 0.2) is 48.5 Å². The fraction of sp³-hybridized carbons (Fsp3) is 0.111. The highest BCUT2D eigenvalue weighted by Gasteiger charge is 2.21. The summed E-state index contributed by atoms with van der Waals surface area (Å²) in [5, 5.41) is 3.71. The van der Waals surface area contributed by atoms with Crippen molar-refractivity contribution < 1.29 is 18.0 Å². The van der Waals surface area contributed by atoms with Crippen molar-refractivity contribution in [2.45, 2.75) is 13.1 Å². The molecule has 7 heteroatoms. The van der Waals surface area contributed by atoms with Gasteiger partial charge in [0.05, 0.1) is 15.2 Å². The molecule has 0 unspecified atom stereocenters. The number of aryl methyl sites for hydroxylation is 1. The number of amides is 1. The van der Waals surface area contributed by atoms with Crippen LogP contribution in [-0.4, -0.2) is 17.1 Å². The Morgan fingerprint density at radius 3 is 2.56 bits per heavy atom. The summed E-state index contributed by atoms with van der Waals surface area (Å²) in [5.74, 6) is -0.336. The van der Waals surface area contributed by atoms with E-state index in [9.17, 15) is 18.0 Å². The minimum Gasteiger partial charge on any atom is -0.322 e. The first-order valence-electron chi connectivity index (χ1n) is 7.35. The van der Waals surface area contributed by atoms with E-state index < -0.39 is 6.18 Å². The fourth-order valence-corrected chi connectivity index (χ4v) is 3.07. The third kappa shape index (κ3) is 4.45. The van der Waals surface area contributed by atoms with Crippen molar-refractivity contribution in [3.8, 4) is 0 Å². The molecule has 1 heterocycles. The largest absolute Gasteiger partial charge is 0.409 e. The molecular formula is C18H13F3N2OS. The lowest BCUT2D eigenvalue weighted by atomic mass is 10.1. The van der Waals surface area contributed by atoms with Gasteiger partial charge in [-0.3, -0.25) is 4.79 Å². The number of anilines is 1. The Hall–Kier alpha value is -2.67. The fourth-order valence-electron chi connectivity index (χ4n) is 2.26. The Balaban J connectivity index is 1.72. The van der Waals surface area contributed by atoms with E-state index in [1.54, 1.807) is 23.5 Å². The number of alkyl halides is 3. The first kappa shape index (κ1) is 17.2. The molecule has 0 bridgehead atoms. The number of aromatic nitrogens is 1. The van der Waals surface area contributed by atoms with Gasteiger partial charge in [0.25, 0.3) is 5.91 Å². The van der Waals surface area contributed by atoms with Crippen molar-refractivity contribution in [3.05, 3.63) is 64.7 Å². The van der Waals surface area contributed by atoms with E-state index in [4.69, 9.17) is 0 Å². The standard InChI is InChI=1S/C18H13F3N2OS/c1-11-22-15-10-14(6-7-16(15)25-11)23-17(24)13-4-2-12(3-5-13)8-9-18(19,20)21/h2-10H,1H3,(H,23,24)/b9-8+. The summed E-state index contributed by atoms with van der Waals surface area (Å²) in [6.45, 7) is 1.91. The number of halogens is 3. The maximum absolute atomic E-state index is 12.3. The number of fused-ring (bicyclic) bond motifs is 1. The van der Waals surface area contributed by atoms with Crippen molar-refractivity contribution in [2.75, 3.05) is 5.32 Å². The molecule has 0 aliphatic carbocycles. The normalized spacial score (nSPS) is 12.0. The number of benzene rings is 2. The third-order valence-electron chi connectivity index (χ3n) is 3.39. The van der Waals surface area contributed by atoms with E-state index in [0.717, 1.165) is 21.3 Å². The number of hydrogen-bond acceptors (Lipinski definition) is 3. The lowest BCUT2D eigenvalue weighted by molar-refractivity contribution is -0.0790. The molecule has 1 amide bonds. The molecular weight excluding hydrogens is 349 g/mol. The van der Waals surface area contributed by atoms with E-state index >= 15 is 0 Å². The molecule has 3 nitrogen and oxygen atoms in total. The Bertz CT molecular complexity index is 943. The van der Waals surface area contributed by atoms with E-state index in [1.165, 1.54) is 24.3 Å². The van der Waals surface area contributed by atoms with Gasteiger partial charge in [-0.15, -0.1) is 11.3 Å². The SMILES string of the molecule is Cc1nc2cc(NC(=O)c3ccc(/C=C/C(F)(F)F)cc3)ccc2s1. The summed E-state index contributed by atoms with van der Waals surface area (Å²) < 4.78 is 37.5. The van der Waals surface area contributed by atoms with Crippen LogP contribution in [0.5, 0.6) is 0 Å². The van der Waals surface area contributed by atoms with Gasteiger partial charge in [-0.1, -0.05) is 18.2 Å². The Morgan fingerprint density at radius 1 is 1.16 bits per heavy atom. The monoisotopic (exact) mass is 362 g/mol. The summed E-state index contributed by atoms with van der Waals surface area (Å²) in [5.41, 5.74) is 2.16. The highest BCUT2D eigenvalue weighted by molar-refractivity contribution is 7.18. The Morgan fingerprint density at radius 2 is 1.88 bits per heavy atom. The van der Waals surface area contributed by atoms with Gasteiger partial charge in [0.2, 0.25) is 0 Å². The molecule has 0 fully saturated rings. The number of carbonyl (C=O) groups excluding carboxylic acids is 1. The number of rotatable bonds is 3. The lowest BCUT2D eigenvalue weighted by Gasteiger charge is -2.06. The van der Waals surface area contributed by atoms with Gasteiger partial charge in [0.15, 0.2) is 0 Å². The van der Waals surface area contributed by atoms with Crippen LogP contribution >= 0.6 is 11.3 Å². The smallest absolute Gasteiger partial charge is 0.322 e. The molecule has 0 saturated heterocycles. The zero-order chi connectivity index (χ0) is 18.0. The van der Waals surface area contributed by atoms with Crippen molar-refractivity contribution >= 4 is 39.2 Å². The molecule has 128 valence electrons. The predicted molar refractivity (Wildman–Crippen MR) is 93.8 cm³/mol. The summed E-state index contributed by atoms with van der Waals surface area (Å²) in [6.07, 6.45) is -3.24. The third-order valence-corrected chi connectivity index (χ3v) is 4.34. The molecule has 0 saturated carbocycles. The van der Waals surface area contributed by atoms with Crippen LogP contribution in [0, 0.1) is 6.92 Å². The molecule has 0 aliphatic heterocycles. The Labute approximate surface area is 145 Å². The van der Waals surface area contributed by atoms with E-state index in [0.29, 0.717) is 16.8 Å². The zero-order valence-electron chi connectivity index (χ0n) is 13.1. The summed E-state index contributed by atoms with van der Waals surface area (Å²) in [6, 6.07) is 11.4. The maximum atomic E-state index is 12.3. The number of nitrogens with one attached hydrogen (secondary N) is 1. The average Bonchev–Trinajstić information content (AvgIpc) is 2.92. The van der Waals surface area contributed by atoms with Crippen LogP contribution in [-0.2, 0) is 0 Å². The minimum atomic E-state index is -4.36. The Kier molecular flexibility index (Phi) is 4.59. The van der Waals surface area contributed by atoms with Crippen LogP contribution in [0.1, 0.15) is 20.9 Å². The van der Waals surface area contributed by atoms with Crippen LogP contribution in [0.25, 0.3) is 16.3 Å². The molecule has 3 rings (SSSR count). The molecule has 1 N–H and O–H groups in total. The van der Waals surface area contributed by atoms with Crippen LogP contribution in [0.4, 0.5) is 18.9 Å². The van der Waals surface area contributed by atoms with E-state index in [-0.39, 0.29) is 12.0 Å². The average molecular weight is 362 g/mol. The van der Waals surface area contributed by atoms with Crippen molar-refractivity contribution in [1.82, 2.24) is 4.98 Å². The van der Waals surface area contributed by atoms with E-state index in [1.807, 2.05) is 13.0 Å². The van der Waals surface area contributed by atoms with Gasteiger partial charge in [-0.25, -0.2) is 4.98 Å². The first-order chi connectivity index (χ1) is 11.8. The number of nitrogens with zero attached hydrogens (tertiary/aromatic N) is 1. The second-order valence-corrected chi connectivity index (χ2v) is 6.60. The number of thiazole rings is 1. The summed E-state index contributed by atoms with van der Waals surface area (Å²) in [4.78, 5) is 16.6. The van der Waals surface area contributed by atoms with Gasteiger partial charge in [0.1, 0.15) is 0 Å². The van der Waals surface area contributed by atoms with Crippen molar-refractivity contribution in [2.24, 2.45) is 0 Å². The highest BCUT2D eigenvalue weighted by Crippen LogP contribution is 2.25. The number of carbonyl (C=O) groups is 1. The molecule has 2 aromatic carbocycles. The molecule has 1 aromatic heterocycles. The quantitative estimate of drug-likeness (QED) is 0.675. The van der Waals surface area contributed by atoms with Gasteiger partial charge in [-0.05, 0) is 42.8 Å². The number of allylic oxidation sites excluding steroid dienone is 1. The van der Waals surface area contributed by atoms with Gasteiger partial charge < -0.3 is 5.32 Å². The minimum absolute atomic E-state index is 0.160. The first-order valence-corrected chi connectivity index (χ1v) is 8.16. The second kappa shape index (κ2) is 6.68. The van der Waals surface area contributed by atoms with Crippen LogP contribution < -0.4 is 5.32 Å². The molecule has 3 aromatic rings. The van der Waals surface area contributed by atoms with Gasteiger partial charge in [0, 0.05) is 17.3 Å². The molecule has 0 atom stereocenters. The summed E-state index contributed by atoms with van der Waals surface area (Å²) >= 11 is 1.57. The predicted octanol–water partition coefficient (Wildman–Crippen LogP) is 5.43. The number of hydrogen-bond donors (Lipinski definition) is 1. The van der Waals surface area contributed by atoms with Crippen molar-refractivity contribution in [3.63, 3.8) is 0 Å². The van der Waals surface area contributed by atoms with Gasteiger partial charge >= 0.3 is 6.18 Å². The van der Waals surface area contributed by atoms with Crippen molar-refractivity contribution in [1.29, 1.82) is 0 Å². The molecule has 0 radical (unpaired) electrons. The summed E-state index contributed by atoms with van der Waals surface area (Å²) in [7, 11) is 0. The molecule has 25 heavy (non-hydrogen) atoms. The second-order valence-electron chi connectivity index (χ2n) is 5.37. The zero-order valence-corrected chi connectivity index (χ0v) is 13.9. The van der Waals surface area contributed by atoms with Crippen LogP contribution in [0.3, 0.4) is 0 Å². The maximum Gasteiger partial charge on any atom is 0.409 e. The molecule has 0 aliphatic rings. The van der Waals surface area contributed by atoms with E-state index in [2.05, 4.69) is 10.3 Å². The lowest BCUT2D eigenvalue weighted by Crippen LogP contribution is -2.11. The van der Waals surface area contributed by atoms with Crippen LogP contribution in [0.2, 0.25) is 0 Å². The topological polar surface area (TPSA) is 42.0 Å². The van der Waals surface area contributed by atoms with Gasteiger partial charge in [-0.2, -0.15) is 13.2 Å². The molecule has 0 spiro atoms. The highest BCUT2D eigenvalue weighted by atomic mass is 32.1.